The number of nitrogens with one attached hydrogen (secondary N) is 1. The van der Waals surface area contributed by atoms with Crippen molar-refractivity contribution in [3.63, 3.8) is 0 Å². The van der Waals surface area contributed by atoms with Crippen LogP contribution in [-0.2, 0) is 6.61 Å². The third kappa shape index (κ3) is 2.76. The van der Waals surface area contributed by atoms with E-state index in [2.05, 4.69) is 0 Å². The molecule has 0 heterocycles. The molecule has 4 N–H and O–H groups in total. The van der Waals surface area contributed by atoms with Gasteiger partial charge in [-0.1, -0.05) is 18.2 Å². The summed E-state index contributed by atoms with van der Waals surface area (Å²) < 4.78 is 5.18. The van der Waals surface area contributed by atoms with Crippen LogP contribution in [0.3, 0.4) is 0 Å². The Morgan fingerprint density at radius 2 is 2.15 bits per heavy atom. The van der Waals surface area contributed by atoms with E-state index < -0.39 is 0 Å². The molecule has 1 rings (SSSR count). The number of amidine groups is 1. The molecule has 1 aromatic carbocycles. The number of aliphatic hydroxyl groups is 1. The number of aliphatic hydroxyl groups excluding tert-OH is 1. The minimum Gasteiger partial charge on any atom is -0.485 e. The van der Waals surface area contributed by atoms with E-state index in [0.29, 0.717) is 11.3 Å². The molecular weight excluding hydrogens is 168 g/mol. The standard InChI is InChI=1S/C9H12N2O2/c10-9(11)6-13-8-4-2-1-3-7(8)5-12/h1-4,12H,5-6H2,(H3,10,11). The van der Waals surface area contributed by atoms with Gasteiger partial charge in [0.1, 0.15) is 18.2 Å². The summed E-state index contributed by atoms with van der Waals surface area (Å²) in [6.45, 7) is -0.0227. The molecule has 0 spiro atoms. The summed E-state index contributed by atoms with van der Waals surface area (Å²) in [6, 6.07) is 7.10. The van der Waals surface area contributed by atoms with Crippen molar-refractivity contribution < 1.29 is 9.84 Å². The van der Waals surface area contributed by atoms with Crippen molar-refractivity contribution in [1.82, 2.24) is 0 Å². The summed E-state index contributed by atoms with van der Waals surface area (Å²) in [4.78, 5) is 0. The Kier molecular flexibility index (Phi) is 3.28. The maximum Gasteiger partial charge on any atom is 0.145 e. The molecule has 0 aliphatic rings. The Morgan fingerprint density at radius 1 is 1.46 bits per heavy atom. The zero-order chi connectivity index (χ0) is 9.68. The van der Waals surface area contributed by atoms with Crippen molar-refractivity contribution in [3.8, 4) is 5.75 Å². The topological polar surface area (TPSA) is 79.3 Å². The van der Waals surface area contributed by atoms with Crippen molar-refractivity contribution in [3.05, 3.63) is 29.8 Å². The molecule has 13 heavy (non-hydrogen) atoms. The van der Waals surface area contributed by atoms with Crippen LogP contribution in [0, 0.1) is 5.41 Å². The minimum atomic E-state index is -0.0753. The van der Waals surface area contributed by atoms with Crippen LogP contribution in [-0.4, -0.2) is 17.5 Å². The Balaban J connectivity index is 2.69. The van der Waals surface area contributed by atoms with Crippen LogP contribution in [0.2, 0.25) is 0 Å². The highest BCUT2D eigenvalue weighted by molar-refractivity contribution is 5.78. The van der Waals surface area contributed by atoms with Crippen molar-refractivity contribution >= 4 is 5.84 Å². The SMILES string of the molecule is N=C(N)COc1ccccc1CO. The summed E-state index contributed by atoms with van der Waals surface area (Å²) in [5, 5.41) is 15.9. The number of hydrogen-bond donors (Lipinski definition) is 3. The van der Waals surface area contributed by atoms with E-state index >= 15 is 0 Å². The van der Waals surface area contributed by atoms with Crippen LogP contribution >= 0.6 is 0 Å². The predicted molar refractivity (Wildman–Crippen MR) is 49.8 cm³/mol. The molecule has 4 heteroatoms. The maximum absolute atomic E-state index is 8.92. The molecule has 0 unspecified atom stereocenters. The van der Waals surface area contributed by atoms with E-state index in [1.54, 1.807) is 18.2 Å². The lowest BCUT2D eigenvalue weighted by Gasteiger charge is -2.08. The number of hydrogen-bond acceptors (Lipinski definition) is 3. The summed E-state index contributed by atoms with van der Waals surface area (Å²) >= 11 is 0. The highest BCUT2D eigenvalue weighted by atomic mass is 16.5. The number of benzene rings is 1. The van der Waals surface area contributed by atoms with Gasteiger partial charge in [-0.15, -0.1) is 0 Å². The maximum atomic E-state index is 8.92. The van der Waals surface area contributed by atoms with Crippen molar-refractivity contribution in [1.29, 1.82) is 5.41 Å². The van der Waals surface area contributed by atoms with Gasteiger partial charge in [-0.25, -0.2) is 0 Å². The first-order valence-electron chi connectivity index (χ1n) is 3.88. The second kappa shape index (κ2) is 4.47. The van der Waals surface area contributed by atoms with Gasteiger partial charge in [0.25, 0.3) is 0 Å². The largest absolute Gasteiger partial charge is 0.485 e. The number of para-hydroxylation sites is 1. The molecule has 0 fully saturated rings. The van der Waals surface area contributed by atoms with Gasteiger partial charge in [-0.05, 0) is 6.07 Å². The summed E-state index contributed by atoms with van der Waals surface area (Å²) in [6.07, 6.45) is 0. The molecule has 0 saturated heterocycles. The van der Waals surface area contributed by atoms with E-state index in [1.165, 1.54) is 0 Å². The lowest BCUT2D eigenvalue weighted by atomic mass is 10.2. The molecule has 4 nitrogen and oxygen atoms in total. The number of nitrogens with two attached hydrogens (primary N) is 1. The molecule has 0 aliphatic heterocycles. The van der Waals surface area contributed by atoms with Gasteiger partial charge in [0.2, 0.25) is 0 Å². The van der Waals surface area contributed by atoms with E-state index in [-0.39, 0.29) is 19.0 Å². The summed E-state index contributed by atoms with van der Waals surface area (Å²) in [5.74, 6) is 0.535. The highest BCUT2D eigenvalue weighted by Gasteiger charge is 2.00. The van der Waals surface area contributed by atoms with Gasteiger partial charge in [-0.3, -0.25) is 5.41 Å². The second-order valence-electron chi connectivity index (χ2n) is 2.58. The molecule has 70 valence electrons. The Morgan fingerprint density at radius 3 is 2.77 bits per heavy atom. The summed E-state index contributed by atoms with van der Waals surface area (Å²) in [5.41, 5.74) is 5.83. The van der Waals surface area contributed by atoms with Crippen molar-refractivity contribution in [2.24, 2.45) is 5.73 Å². The van der Waals surface area contributed by atoms with E-state index in [1.807, 2.05) is 6.07 Å². The van der Waals surface area contributed by atoms with Gasteiger partial charge in [0.15, 0.2) is 0 Å². The van der Waals surface area contributed by atoms with E-state index in [9.17, 15) is 0 Å². The Hall–Kier alpha value is -1.55. The predicted octanol–water partition coefficient (Wildman–Crippen LogP) is 0.494. The van der Waals surface area contributed by atoms with Gasteiger partial charge in [0.05, 0.1) is 6.61 Å². The van der Waals surface area contributed by atoms with Crippen molar-refractivity contribution in [2.45, 2.75) is 6.61 Å². The van der Waals surface area contributed by atoms with Crippen molar-refractivity contribution in [2.75, 3.05) is 6.61 Å². The number of ether oxygens (including phenoxy) is 1. The van der Waals surface area contributed by atoms with E-state index in [4.69, 9.17) is 21.0 Å². The zero-order valence-electron chi connectivity index (χ0n) is 7.16. The van der Waals surface area contributed by atoms with Crippen LogP contribution in [0.15, 0.2) is 24.3 Å². The zero-order valence-corrected chi connectivity index (χ0v) is 7.16. The molecule has 0 amide bonds. The Bertz CT molecular complexity index is 299. The third-order valence-electron chi connectivity index (χ3n) is 1.53. The van der Waals surface area contributed by atoms with Crippen LogP contribution in [0.4, 0.5) is 0 Å². The minimum absolute atomic E-state index is 0.0345. The first-order chi connectivity index (χ1) is 6.24. The fourth-order valence-electron chi connectivity index (χ4n) is 0.931. The third-order valence-corrected chi connectivity index (χ3v) is 1.53. The Labute approximate surface area is 76.5 Å². The van der Waals surface area contributed by atoms with Gasteiger partial charge < -0.3 is 15.6 Å². The summed E-state index contributed by atoms with van der Waals surface area (Å²) in [7, 11) is 0. The van der Waals surface area contributed by atoms with Gasteiger partial charge in [0, 0.05) is 5.56 Å². The van der Waals surface area contributed by atoms with E-state index in [0.717, 1.165) is 0 Å². The molecule has 0 saturated carbocycles. The van der Waals surface area contributed by atoms with Crippen LogP contribution in [0.5, 0.6) is 5.75 Å². The molecule has 0 aliphatic carbocycles. The van der Waals surface area contributed by atoms with Gasteiger partial charge in [-0.2, -0.15) is 0 Å². The first kappa shape index (κ1) is 9.54. The molecule has 1 aromatic rings. The average Bonchev–Trinajstić information content (AvgIpc) is 2.15. The normalized spacial score (nSPS) is 9.62. The number of rotatable bonds is 4. The van der Waals surface area contributed by atoms with Crippen LogP contribution in [0.25, 0.3) is 0 Å². The molecule has 0 aromatic heterocycles. The second-order valence-corrected chi connectivity index (χ2v) is 2.58. The molecule has 0 atom stereocenters. The van der Waals surface area contributed by atoms with Crippen LogP contribution in [0.1, 0.15) is 5.56 Å². The van der Waals surface area contributed by atoms with Crippen LogP contribution < -0.4 is 10.5 Å². The first-order valence-corrected chi connectivity index (χ1v) is 3.88. The fourth-order valence-corrected chi connectivity index (χ4v) is 0.931. The molecular formula is C9H12N2O2. The lowest BCUT2D eigenvalue weighted by molar-refractivity contribution is 0.271. The quantitative estimate of drug-likeness (QED) is 0.466. The lowest BCUT2D eigenvalue weighted by Crippen LogP contribution is -2.19. The van der Waals surface area contributed by atoms with Gasteiger partial charge >= 0.3 is 0 Å². The molecule has 0 bridgehead atoms. The smallest absolute Gasteiger partial charge is 0.145 e. The fraction of sp³-hybridized carbons (Fsp3) is 0.222. The monoisotopic (exact) mass is 180 g/mol. The average molecular weight is 180 g/mol. The molecule has 0 radical (unpaired) electrons. The highest BCUT2D eigenvalue weighted by Crippen LogP contribution is 2.17.